The fraction of sp³-hybridized carbons (Fsp3) is 0.357. The van der Waals surface area contributed by atoms with Crippen molar-refractivity contribution in [2.75, 3.05) is 14.2 Å². The van der Waals surface area contributed by atoms with Crippen LogP contribution in [0.4, 0.5) is 0 Å². The summed E-state index contributed by atoms with van der Waals surface area (Å²) in [5.74, 6) is 0.755. The minimum atomic E-state index is 0.296. The highest BCUT2D eigenvalue weighted by molar-refractivity contribution is 7.15. The Morgan fingerprint density at radius 3 is 2.79 bits per heavy atom. The molecular weight excluding hydrogens is 280 g/mol. The Hall–Kier alpha value is -1.10. The Morgan fingerprint density at radius 1 is 1.42 bits per heavy atom. The lowest BCUT2D eigenvalue weighted by Gasteiger charge is -2.07. The van der Waals surface area contributed by atoms with Crippen LogP contribution in [0.3, 0.4) is 0 Å². The van der Waals surface area contributed by atoms with Gasteiger partial charge in [-0.25, -0.2) is 4.98 Å². The number of ether oxygens (including phenoxy) is 1. The first kappa shape index (κ1) is 14.3. The van der Waals surface area contributed by atoms with Gasteiger partial charge in [-0.1, -0.05) is 11.6 Å². The van der Waals surface area contributed by atoms with Gasteiger partial charge < -0.3 is 10.1 Å². The van der Waals surface area contributed by atoms with E-state index < -0.39 is 0 Å². The van der Waals surface area contributed by atoms with E-state index in [9.17, 15) is 0 Å². The number of hydrogen-bond donors (Lipinski definition) is 1. The number of benzene rings is 1. The van der Waals surface area contributed by atoms with Crippen LogP contribution in [0.25, 0.3) is 10.6 Å². The molecule has 1 atom stereocenters. The Bertz CT molecular complexity index is 583. The van der Waals surface area contributed by atoms with Crippen LogP contribution in [0.1, 0.15) is 23.5 Å². The van der Waals surface area contributed by atoms with Gasteiger partial charge in [0.2, 0.25) is 0 Å². The number of nitrogens with zero attached hydrogens (tertiary/aromatic N) is 1. The van der Waals surface area contributed by atoms with Crippen molar-refractivity contribution in [1.29, 1.82) is 0 Å². The molecule has 102 valence electrons. The van der Waals surface area contributed by atoms with Crippen LogP contribution < -0.4 is 10.1 Å². The number of nitrogens with one attached hydrogen (secondary N) is 1. The first-order valence-corrected chi connectivity index (χ1v) is 7.24. The summed E-state index contributed by atoms with van der Waals surface area (Å²) < 4.78 is 5.38. The number of rotatable bonds is 4. The fourth-order valence-corrected chi connectivity index (χ4v) is 3.22. The third kappa shape index (κ3) is 2.91. The van der Waals surface area contributed by atoms with Crippen molar-refractivity contribution < 1.29 is 4.74 Å². The molecule has 0 spiro atoms. The number of methoxy groups -OCH3 is 1. The van der Waals surface area contributed by atoms with E-state index in [-0.39, 0.29) is 0 Å². The maximum atomic E-state index is 5.99. The smallest absolute Gasteiger partial charge is 0.130 e. The Kier molecular flexibility index (Phi) is 4.45. The lowest BCUT2D eigenvalue weighted by molar-refractivity contribution is 0.416. The second kappa shape index (κ2) is 5.90. The molecule has 1 aromatic carbocycles. The highest BCUT2D eigenvalue weighted by Crippen LogP contribution is 2.37. The van der Waals surface area contributed by atoms with Crippen molar-refractivity contribution in [1.82, 2.24) is 10.3 Å². The van der Waals surface area contributed by atoms with Gasteiger partial charge >= 0.3 is 0 Å². The van der Waals surface area contributed by atoms with E-state index in [1.807, 2.05) is 32.2 Å². The van der Waals surface area contributed by atoms with Crippen LogP contribution in [-0.2, 0) is 0 Å². The monoisotopic (exact) mass is 296 g/mol. The topological polar surface area (TPSA) is 34.1 Å². The van der Waals surface area contributed by atoms with E-state index >= 15 is 0 Å². The predicted molar refractivity (Wildman–Crippen MR) is 81.3 cm³/mol. The van der Waals surface area contributed by atoms with Gasteiger partial charge in [0.05, 0.1) is 18.4 Å². The second-order valence-electron chi connectivity index (χ2n) is 4.32. The van der Waals surface area contributed by atoms with Crippen molar-refractivity contribution in [3.63, 3.8) is 0 Å². The molecule has 0 bridgehead atoms. The summed E-state index contributed by atoms with van der Waals surface area (Å²) >= 11 is 7.67. The molecule has 0 aliphatic heterocycles. The fourth-order valence-electron chi connectivity index (χ4n) is 1.90. The van der Waals surface area contributed by atoms with Crippen LogP contribution in [0, 0.1) is 6.92 Å². The predicted octanol–water partition coefficient (Wildman–Crippen LogP) is 4.06. The van der Waals surface area contributed by atoms with Gasteiger partial charge in [-0.15, -0.1) is 11.3 Å². The zero-order chi connectivity index (χ0) is 14.0. The maximum absolute atomic E-state index is 5.99. The number of aryl methyl sites for hydroxylation is 1. The average Bonchev–Trinajstić information content (AvgIpc) is 2.79. The molecule has 0 fully saturated rings. The molecule has 0 aliphatic rings. The molecule has 0 saturated heterocycles. The maximum Gasteiger partial charge on any atom is 0.130 e. The zero-order valence-electron chi connectivity index (χ0n) is 11.5. The van der Waals surface area contributed by atoms with Gasteiger partial charge in [0, 0.05) is 15.9 Å². The first-order valence-electron chi connectivity index (χ1n) is 6.05. The zero-order valence-corrected chi connectivity index (χ0v) is 13.0. The summed E-state index contributed by atoms with van der Waals surface area (Å²) in [6, 6.07) is 5.92. The van der Waals surface area contributed by atoms with Crippen LogP contribution >= 0.6 is 22.9 Å². The molecule has 1 unspecified atom stereocenters. The summed E-state index contributed by atoms with van der Waals surface area (Å²) in [5.41, 5.74) is 2.04. The minimum absolute atomic E-state index is 0.296. The summed E-state index contributed by atoms with van der Waals surface area (Å²) in [4.78, 5) is 5.89. The van der Waals surface area contributed by atoms with Crippen molar-refractivity contribution in [3.8, 4) is 16.3 Å². The largest absolute Gasteiger partial charge is 0.496 e. The highest BCUT2D eigenvalue weighted by atomic mass is 35.5. The minimum Gasteiger partial charge on any atom is -0.496 e. The number of thiazole rings is 1. The van der Waals surface area contributed by atoms with Crippen molar-refractivity contribution >= 4 is 22.9 Å². The summed E-state index contributed by atoms with van der Waals surface area (Å²) in [6.45, 7) is 4.16. The molecule has 5 heteroatoms. The van der Waals surface area contributed by atoms with E-state index in [4.69, 9.17) is 16.3 Å². The SMILES string of the molecule is CNC(C)c1sc(-c2ccc(Cl)cc2OC)nc1C. The molecule has 0 radical (unpaired) electrons. The normalized spacial score (nSPS) is 12.5. The molecule has 0 amide bonds. The molecule has 0 aliphatic carbocycles. The Morgan fingerprint density at radius 2 is 2.16 bits per heavy atom. The molecule has 1 aromatic heterocycles. The molecule has 3 nitrogen and oxygen atoms in total. The van der Waals surface area contributed by atoms with E-state index in [2.05, 4.69) is 17.2 Å². The van der Waals surface area contributed by atoms with Gasteiger partial charge in [-0.2, -0.15) is 0 Å². The van der Waals surface area contributed by atoms with Gasteiger partial charge in [0.15, 0.2) is 0 Å². The summed E-state index contributed by atoms with van der Waals surface area (Å²) in [5, 5.41) is 4.87. The number of halogens is 1. The number of aromatic nitrogens is 1. The van der Waals surface area contributed by atoms with Crippen molar-refractivity contribution in [2.45, 2.75) is 19.9 Å². The quantitative estimate of drug-likeness (QED) is 0.924. The Labute approximate surface area is 122 Å². The summed E-state index contributed by atoms with van der Waals surface area (Å²) in [6.07, 6.45) is 0. The Balaban J connectivity index is 2.48. The van der Waals surface area contributed by atoms with Gasteiger partial charge in [0.1, 0.15) is 10.8 Å². The third-order valence-corrected chi connectivity index (χ3v) is 4.66. The summed E-state index contributed by atoms with van der Waals surface area (Å²) in [7, 11) is 3.60. The molecule has 1 heterocycles. The molecule has 0 saturated carbocycles. The molecule has 2 rings (SSSR count). The van der Waals surface area contributed by atoms with E-state index in [0.29, 0.717) is 11.1 Å². The first-order chi connectivity index (χ1) is 9.06. The standard InChI is InChI=1S/C14H17ClN2OS/c1-8(16-3)13-9(2)17-14(19-13)11-6-5-10(15)7-12(11)18-4/h5-8,16H,1-4H3. The average molecular weight is 297 g/mol. The van der Waals surface area contributed by atoms with Gasteiger partial charge in [-0.05, 0) is 39.1 Å². The van der Waals surface area contributed by atoms with Crippen molar-refractivity contribution in [3.05, 3.63) is 33.8 Å². The van der Waals surface area contributed by atoms with Crippen LogP contribution in [0.5, 0.6) is 5.75 Å². The molecule has 19 heavy (non-hydrogen) atoms. The van der Waals surface area contributed by atoms with Crippen LogP contribution in [0.15, 0.2) is 18.2 Å². The van der Waals surface area contributed by atoms with Gasteiger partial charge in [0.25, 0.3) is 0 Å². The van der Waals surface area contributed by atoms with Gasteiger partial charge in [-0.3, -0.25) is 0 Å². The lowest BCUT2D eigenvalue weighted by Crippen LogP contribution is -2.11. The van der Waals surface area contributed by atoms with Crippen LogP contribution in [-0.4, -0.2) is 19.1 Å². The second-order valence-corrected chi connectivity index (χ2v) is 5.79. The number of hydrogen-bond acceptors (Lipinski definition) is 4. The third-order valence-electron chi connectivity index (χ3n) is 3.05. The molecular formula is C14H17ClN2OS. The lowest BCUT2D eigenvalue weighted by atomic mass is 10.2. The van der Waals surface area contributed by atoms with E-state index in [1.165, 1.54) is 4.88 Å². The van der Waals surface area contributed by atoms with Crippen molar-refractivity contribution in [2.24, 2.45) is 0 Å². The van der Waals surface area contributed by atoms with E-state index in [0.717, 1.165) is 22.0 Å². The van der Waals surface area contributed by atoms with E-state index in [1.54, 1.807) is 18.4 Å². The molecule has 2 aromatic rings. The highest BCUT2D eigenvalue weighted by Gasteiger charge is 2.16. The molecule has 1 N–H and O–H groups in total. The van der Waals surface area contributed by atoms with Crippen LogP contribution in [0.2, 0.25) is 5.02 Å².